The van der Waals surface area contributed by atoms with E-state index in [0.29, 0.717) is 0 Å². The molecule has 0 radical (unpaired) electrons. The lowest BCUT2D eigenvalue weighted by atomic mass is 9.33. The van der Waals surface area contributed by atoms with Gasteiger partial charge in [0.2, 0.25) is 0 Å². The van der Waals surface area contributed by atoms with E-state index in [2.05, 4.69) is 265 Å². The van der Waals surface area contributed by atoms with Gasteiger partial charge in [-0.25, -0.2) is 0 Å². The van der Waals surface area contributed by atoms with Gasteiger partial charge in [-0.15, -0.1) is 0 Å². The maximum absolute atomic E-state index is 7.10. The van der Waals surface area contributed by atoms with E-state index in [1.807, 2.05) is 0 Å². The van der Waals surface area contributed by atoms with Crippen LogP contribution in [0, 0.1) is 13.8 Å². The molecule has 3 aliphatic rings. The lowest BCUT2D eigenvalue weighted by Gasteiger charge is -2.45. The highest BCUT2D eigenvalue weighted by Crippen LogP contribution is 2.54. The van der Waals surface area contributed by atoms with Crippen LogP contribution in [0.3, 0.4) is 0 Å². The van der Waals surface area contributed by atoms with E-state index >= 15 is 0 Å². The van der Waals surface area contributed by atoms with Gasteiger partial charge in [0.05, 0.1) is 5.69 Å². The van der Waals surface area contributed by atoms with Crippen LogP contribution in [-0.4, -0.2) is 6.71 Å². The van der Waals surface area contributed by atoms with E-state index in [0.717, 1.165) is 56.8 Å². The fourth-order valence-corrected chi connectivity index (χ4v) is 12.9. The van der Waals surface area contributed by atoms with E-state index in [9.17, 15) is 0 Å². The summed E-state index contributed by atoms with van der Waals surface area (Å²) in [6.45, 7) is 21.3. The third-order valence-electron chi connectivity index (χ3n) is 16.1. The van der Waals surface area contributed by atoms with Crippen molar-refractivity contribution >= 4 is 96.2 Å². The van der Waals surface area contributed by atoms with E-state index < -0.39 is 0 Å². The predicted octanol–water partition coefficient (Wildman–Crippen LogP) is 16.7. The molecule has 9 aromatic carbocycles. The fraction of sp³-hybridized carbons (Fsp3) is 0.194. The van der Waals surface area contributed by atoms with Gasteiger partial charge >= 0.3 is 0 Å². The summed E-state index contributed by atoms with van der Waals surface area (Å²) in [6.07, 6.45) is 1.08. The van der Waals surface area contributed by atoms with Crippen molar-refractivity contribution in [3.63, 3.8) is 0 Å². The largest absolute Gasteiger partial charge is 0.454 e. The average molecular weight is 934 g/mol. The van der Waals surface area contributed by atoms with Crippen molar-refractivity contribution in [3.8, 4) is 11.1 Å². The Morgan fingerprint density at radius 1 is 0.486 bits per heavy atom. The third kappa shape index (κ3) is 6.80. The molecule has 352 valence electrons. The maximum Gasteiger partial charge on any atom is 0.252 e. The molecule has 0 spiro atoms. The molecule has 0 amide bonds. The molecule has 0 fully saturated rings. The number of para-hydroxylation sites is 3. The van der Waals surface area contributed by atoms with Gasteiger partial charge in [0.15, 0.2) is 5.58 Å². The normalized spacial score (nSPS) is 15.1. The Morgan fingerprint density at radius 3 is 1.75 bits per heavy atom. The zero-order valence-corrected chi connectivity index (χ0v) is 42.9. The summed E-state index contributed by atoms with van der Waals surface area (Å²) in [5, 5.41) is 2.29. The SMILES string of the molecule is Cc1cc2c3c(c1)N(c1cc(C(C)(C)C)cc4c1oc1ccccc14)c1cc4c(cc1B3c1ccc(N(c3ccccc3)c3ccccc3)cc1N2c1cc(-c2ccccc2)ccc1C)C(C)(C)CC4(C)C. The first kappa shape index (κ1) is 44.2. The number of furan rings is 1. The molecule has 2 aliphatic heterocycles. The van der Waals surface area contributed by atoms with Crippen LogP contribution in [-0.2, 0) is 16.2 Å². The highest BCUT2D eigenvalue weighted by atomic mass is 16.3. The van der Waals surface area contributed by atoms with Crippen molar-refractivity contribution in [2.24, 2.45) is 0 Å². The number of rotatable bonds is 6. The summed E-state index contributed by atoms with van der Waals surface area (Å²) in [5.41, 5.74) is 24.9. The van der Waals surface area contributed by atoms with Crippen LogP contribution in [0.2, 0.25) is 0 Å². The monoisotopic (exact) mass is 933 g/mol. The number of hydrogen-bond donors (Lipinski definition) is 0. The smallest absolute Gasteiger partial charge is 0.252 e. The van der Waals surface area contributed by atoms with Crippen LogP contribution in [0.4, 0.5) is 51.2 Å². The van der Waals surface area contributed by atoms with Crippen molar-refractivity contribution in [1.82, 2.24) is 0 Å². The maximum atomic E-state index is 7.10. The molecule has 0 unspecified atom stereocenters. The lowest BCUT2D eigenvalue weighted by Crippen LogP contribution is -2.61. The number of fused-ring (bicyclic) bond motifs is 8. The highest BCUT2D eigenvalue weighted by molar-refractivity contribution is 7.00. The topological polar surface area (TPSA) is 22.9 Å². The molecule has 0 N–H and O–H groups in total. The summed E-state index contributed by atoms with van der Waals surface area (Å²) in [4.78, 5) is 7.61. The van der Waals surface area contributed by atoms with Crippen molar-refractivity contribution in [1.29, 1.82) is 0 Å². The van der Waals surface area contributed by atoms with E-state index in [1.54, 1.807) is 0 Å². The number of anilines is 9. The average Bonchev–Trinajstić information content (AvgIpc) is 3.83. The molecule has 0 atom stereocenters. The van der Waals surface area contributed by atoms with Gasteiger partial charge < -0.3 is 19.1 Å². The Morgan fingerprint density at radius 2 is 1.08 bits per heavy atom. The quantitative estimate of drug-likeness (QED) is 0.155. The van der Waals surface area contributed by atoms with Gasteiger partial charge in [-0.2, -0.15) is 0 Å². The summed E-state index contributed by atoms with van der Waals surface area (Å²) >= 11 is 0. The Balaban J connectivity index is 1.16. The third-order valence-corrected chi connectivity index (χ3v) is 16.1. The van der Waals surface area contributed by atoms with Crippen LogP contribution >= 0.6 is 0 Å². The van der Waals surface area contributed by atoms with E-state index in [1.165, 1.54) is 78.1 Å². The number of nitrogens with zero attached hydrogens (tertiary/aromatic N) is 3. The zero-order chi connectivity index (χ0) is 49.4. The summed E-state index contributed by atoms with van der Waals surface area (Å²) < 4.78 is 7.10. The standard InChI is InChI=1S/C67H60BN3O/c1-42-33-59-63-60(34-42)71(61-37-46(65(3,4)5)36-51-50-27-19-20-28-62(50)72-64(51)61)58-40-53-52(66(6,7)41-67(53,8)9)39-55(58)68(63)54-32-31-49(69(47-23-15-11-16-24-47)48-25-17-12-18-26-48)38-57(54)70(59)56-35-45(30-29-43(56)2)44-21-13-10-14-22-44/h10-40H,41H2,1-9H3. The van der Waals surface area contributed by atoms with Gasteiger partial charge in [0, 0.05) is 56.3 Å². The van der Waals surface area contributed by atoms with Crippen LogP contribution < -0.4 is 31.1 Å². The minimum Gasteiger partial charge on any atom is -0.454 e. The first-order valence-electron chi connectivity index (χ1n) is 25.7. The Bertz CT molecular complexity index is 3770. The summed E-state index contributed by atoms with van der Waals surface area (Å²) in [6, 6.07) is 70.2. The predicted molar refractivity (Wildman–Crippen MR) is 307 cm³/mol. The van der Waals surface area contributed by atoms with Crippen molar-refractivity contribution in [3.05, 3.63) is 216 Å². The van der Waals surface area contributed by atoms with Gasteiger partial charge in [0.25, 0.3) is 6.71 Å². The molecular weight excluding hydrogens is 874 g/mol. The van der Waals surface area contributed by atoms with Crippen LogP contribution in [0.1, 0.15) is 82.7 Å². The number of benzene rings is 9. The summed E-state index contributed by atoms with van der Waals surface area (Å²) in [5.74, 6) is 0. The van der Waals surface area contributed by atoms with Crippen LogP contribution in [0.15, 0.2) is 192 Å². The first-order chi connectivity index (χ1) is 34.6. The number of hydrogen-bond acceptors (Lipinski definition) is 4. The van der Waals surface area contributed by atoms with E-state index in [4.69, 9.17) is 4.42 Å². The fourth-order valence-electron chi connectivity index (χ4n) is 12.9. The Kier molecular flexibility index (Phi) is 9.75. The Hall–Kier alpha value is -7.76. The molecule has 0 saturated carbocycles. The second-order valence-electron chi connectivity index (χ2n) is 23.1. The molecular formula is C67H60BN3O. The van der Waals surface area contributed by atoms with Crippen LogP contribution in [0.5, 0.6) is 0 Å². The number of aryl methyl sites for hydroxylation is 2. The van der Waals surface area contributed by atoms with Gasteiger partial charge in [-0.3, -0.25) is 0 Å². The molecule has 1 aliphatic carbocycles. The van der Waals surface area contributed by atoms with Crippen molar-refractivity contribution in [2.45, 2.75) is 85.0 Å². The van der Waals surface area contributed by atoms with Gasteiger partial charge in [-0.1, -0.05) is 158 Å². The lowest BCUT2D eigenvalue weighted by molar-refractivity contribution is 0.403. The first-order valence-corrected chi connectivity index (χ1v) is 25.7. The van der Waals surface area contributed by atoms with E-state index in [-0.39, 0.29) is 23.0 Å². The molecule has 4 nitrogen and oxygen atoms in total. The molecule has 3 heterocycles. The highest BCUT2D eigenvalue weighted by Gasteiger charge is 2.49. The second kappa shape index (κ2) is 15.9. The zero-order valence-electron chi connectivity index (χ0n) is 42.9. The molecule has 1 aromatic heterocycles. The molecule has 72 heavy (non-hydrogen) atoms. The van der Waals surface area contributed by atoms with Crippen molar-refractivity contribution in [2.75, 3.05) is 14.7 Å². The minimum atomic E-state index is -0.124. The molecule has 0 bridgehead atoms. The summed E-state index contributed by atoms with van der Waals surface area (Å²) in [7, 11) is 0. The minimum absolute atomic E-state index is 0.0124. The van der Waals surface area contributed by atoms with Gasteiger partial charge in [0.1, 0.15) is 5.58 Å². The Labute approximate surface area is 425 Å². The molecule has 0 saturated heterocycles. The molecule has 13 rings (SSSR count). The van der Waals surface area contributed by atoms with Crippen molar-refractivity contribution < 1.29 is 4.42 Å². The molecule has 5 heteroatoms. The van der Waals surface area contributed by atoms with Gasteiger partial charge in [-0.05, 0) is 171 Å². The van der Waals surface area contributed by atoms with Crippen LogP contribution in [0.25, 0.3) is 33.1 Å². The second-order valence-corrected chi connectivity index (χ2v) is 23.1. The molecule has 10 aromatic rings.